The number of urea groups is 1. The second-order valence-corrected chi connectivity index (χ2v) is 10.7. The number of thiazole rings is 1. The van der Waals surface area contributed by atoms with Gasteiger partial charge in [-0.1, -0.05) is 11.3 Å². The van der Waals surface area contributed by atoms with Gasteiger partial charge < -0.3 is 19.5 Å². The van der Waals surface area contributed by atoms with Gasteiger partial charge in [-0.05, 0) is 36.0 Å². The molecule has 0 saturated carbocycles. The van der Waals surface area contributed by atoms with E-state index >= 15 is 0 Å². The number of fused-ring (bicyclic) bond motifs is 2. The molecule has 1 unspecified atom stereocenters. The van der Waals surface area contributed by atoms with Crippen molar-refractivity contribution in [1.29, 1.82) is 0 Å². The summed E-state index contributed by atoms with van der Waals surface area (Å²) in [5.41, 5.74) is 1.46. The standard InChI is InChI=1S/C23H26N8O4S2/c32-21(24-6-7-30-8-11-33-12-9-30)26-22-25-17-2-1-16(13-18(17)37-22)36-23-28-27-19-3-4-20(29-31(19)23)35-15-5-10-34-14-15/h1-4,13,15H,5-12,14H2,(H2,24,25,26,32). The SMILES string of the molecule is O=C(NCCN1CCOCC1)Nc1nc2ccc(Sc3nnc4ccc(OC5CCOC5)nn34)cc2s1. The molecule has 2 aliphatic heterocycles. The fraction of sp³-hybridized carbons (Fsp3) is 0.435. The Hall–Kier alpha value is -3.04. The lowest BCUT2D eigenvalue weighted by molar-refractivity contribution is 0.0388. The third kappa shape index (κ3) is 5.93. The normalized spacial score (nSPS) is 18.4. The van der Waals surface area contributed by atoms with E-state index in [0.717, 1.165) is 54.4 Å². The number of rotatable bonds is 8. The molecule has 2 N–H and O–H groups in total. The molecule has 12 nitrogen and oxygen atoms in total. The van der Waals surface area contributed by atoms with Crippen molar-refractivity contribution in [2.45, 2.75) is 22.6 Å². The molecule has 0 radical (unpaired) electrons. The Morgan fingerprint density at radius 1 is 1.16 bits per heavy atom. The molecule has 2 amide bonds. The first kappa shape index (κ1) is 24.3. The maximum Gasteiger partial charge on any atom is 0.321 e. The van der Waals surface area contributed by atoms with Crippen LogP contribution in [0, 0.1) is 0 Å². The molecule has 194 valence electrons. The molecule has 0 spiro atoms. The molecule has 6 rings (SSSR count). The lowest BCUT2D eigenvalue weighted by Gasteiger charge is -2.26. The molecule has 3 aromatic heterocycles. The Kier molecular flexibility index (Phi) is 7.32. The number of nitrogens with zero attached hydrogens (tertiary/aromatic N) is 6. The zero-order valence-corrected chi connectivity index (χ0v) is 21.6. The summed E-state index contributed by atoms with van der Waals surface area (Å²) >= 11 is 2.87. The Morgan fingerprint density at radius 2 is 2.08 bits per heavy atom. The number of ether oxygens (including phenoxy) is 3. The molecule has 2 fully saturated rings. The summed E-state index contributed by atoms with van der Waals surface area (Å²) in [7, 11) is 0. The minimum absolute atomic E-state index is 0.0147. The van der Waals surface area contributed by atoms with Crippen LogP contribution in [0.15, 0.2) is 40.4 Å². The van der Waals surface area contributed by atoms with Gasteiger partial charge in [0.05, 0.1) is 36.6 Å². The second-order valence-electron chi connectivity index (χ2n) is 8.61. The number of carbonyl (C=O) groups excluding carboxylic acids is 1. The monoisotopic (exact) mass is 542 g/mol. The molecular formula is C23H26N8O4S2. The molecule has 2 saturated heterocycles. The van der Waals surface area contributed by atoms with Gasteiger partial charge in [0, 0.05) is 43.6 Å². The van der Waals surface area contributed by atoms with E-state index in [1.165, 1.54) is 23.1 Å². The Morgan fingerprint density at radius 3 is 2.95 bits per heavy atom. The minimum Gasteiger partial charge on any atom is -0.471 e. The topological polar surface area (TPSA) is 128 Å². The Balaban J connectivity index is 1.09. The molecule has 14 heteroatoms. The number of morpholine rings is 1. The lowest BCUT2D eigenvalue weighted by Crippen LogP contribution is -2.42. The van der Waals surface area contributed by atoms with Gasteiger partial charge in [0.1, 0.15) is 6.10 Å². The van der Waals surface area contributed by atoms with Crippen LogP contribution in [-0.4, -0.2) is 94.4 Å². The van der Waals surface area contributed by atoms with Crippen molar-refractivity contribution in [1.82, 2.24) is 35.0 Å². The quantitative estimate of drug-likeness (QED) is 0.343. The number of aromatic nitrogens is 5. The van der Waals surface area contributed by atoms with Crippen LogP contribution >= 0.6 is 23.1 Å². The first-order valence-electron chi connectivity index (χ1n) is 12.1. The fourth-order valence-electron chi connectivity index (χ4n) is 4.08. The first-order valence-corrected chi connectivity index (χ1v) is 13.7. The number of nitrogens with one attached hydrogen (secondary N) is 2. The zero-order valence-electron chi connectivity index (χ0n) is 20.0. The number of carbonyl (C=O) groups is 1. The first-order chi connectivity index (χ1) is 18.2. The van der Waals surface area contributed by atoms with Crippen LogP contribution in [0.1, 0.15) is 6.42 Å². The lowest BCUT2D eigenvalue weighted by atomic mass is 10.3. The van der Waals surface area contributed by atoms with Gasteiger partial charge in [-0.3, -0.25) is 10.2 Å². The van der Waals surface area contributed by atoms with Crippen LogP contribution < -0.4 is 15.4 Å². The van der Waals surface area contributed by atoms with Gasteiger partial charge in [0.2, 0.25) is 11.0 Å². The van der Waals surface area contributed by atoms with Crippen LogP contribution in [0.3, 0.4) is 0 Å². The highest BCUT2D eigenvalue weighted by Gasteiger charge is 2.19. The van der Waals surface area contributed by atoms with Gasteiger partial charge >= 0.3 is 6.03 Å². The Labute approximate surface area is 220 Å². The van der Waals surface area contributed by atoms with E-state index in [-0.39, 0.29) is 12.1 Å². The molecule has 1 aromatic carbocycles. The molecule has 2 aliphatic rings. The van der Waals surface area contributed by atoms with Gasteiger partial charge in [-0.25, -0.2) is 9.78 Å². The van der Waals surface area contributed by atoms with E-state index in [2.05, 4.69) is 35.8 Å². The third-order valence-corrected chi connectivity index (χ3v) is 7.85. The number of amides is 2. The van der Waals surface area contributed by atoms with Gasteiger partial charge in [-0.15, -0.1) is 15.3 Å². The van der Waals surface area contributed by atoms with Crippen LogP contribution in [0.4, 0.5) is 9.93 Å². The number of hydrogen-bond acceptors (Lipinski definition) is 11. The molecule has 0 aliphatic carbocycles. The van der Waals surface area contributed by atoms with E-state index in [1.807, 2.05) is 24.3 Å². The number of anilines is 1. The van der Waals surface area contributed by atoms with E-state index < -0.39 is 0 Å². The van der Waals surface area contributed by atoms with Crippen molar-refractivity contribution < 1.29 is 19.0 Å². The van der Waals surface area contributed by atoms with Crippen LogP contribution in [0.5, 0.6) is 5.88 Å². The molecular weight excluding hydrogens is 516 g/mol. The van der Waals surface area contributed by atoms with Crippen molar-refractivity contribution in [3.05, 3.63) is 30.3 Å². The van der Waals surface area contributed by atoms with Crippen LogP contribution in [0.25, 0.3) is 15.9 Å². The van der Waals surface area contributed by atoms with E-state index in [9.17, 15) is 4.79 Å². The van der Waals surface area contributed by atoms with E-state index in [4.69, 9.17) is 14.2 Å². The molecule has 1 atom stereocenters. The fourth-order valence-corrected chi connectivity index (χ4v) is 5.88. The molecule has 37 heavy (non-hydrogen) atoms. The summed E-state index contributed by atoms with van der Waals surface area (Å²) in [5, 5.41) is 20.0. The summed E-state index contributed by atoms with van der Waals surface area (Å²) in [5.74, 6) is 0.515. The molecule has 5 heterocycles. The highest BCUT2D eigenvalue weighted by Crippen LogP contribution is 2.33. The smallest absolute Gasteiger partial charge is 0.321 e. The zero-order chi connectivity index (χ0) is 25.0. The maximum atomic E-state index is 12.3. The highest BCUT2D eigenvalue weighted by atomic mass is 32.2. The van der Waals surface area contributed by atoms with Crippen molar-refractivity contribution in [3.63, 3.8) is 0 Å². The summed E-state index contributed by atoms with van der Waals surface area (Å²) in [6.45, 7) is 5.93. The van der Waals surface area contributed by atoms with Crippen molar-refractivity contribution in [2.75, 3.05) is 57.9 Å². The van der Waals surface area contributed by atoms with E-state index in [0.29, 0.717) is 41.6 Å². The van der Waals surface area contributed by atoms with Crippen LogP contribution in [-0.2, 0) is 9.47 Å². The van der Waals surface area contributed by atoms with Crippen molar-refractivity contribution >= 4 is 50.1 Å². The number of benzene rings is 1. The summed E-state index contributed by atoms with van der Waals surface area (Å²) in [4.78, 5) is 20.1. The average Bonchev–Trinajstić information content (AvgIpc) is 3.65. The largest absolute Gasteiger partial charge is 0.471 e. The summed E-state index contributed by atoms with van der Waals surface area (Å²) < 4.78 is 19.3. The second kappa shape index (κ2) is 11.1. The highest BCUT2D eigenvalue weighted by molar-refractivity contribution is 7.99. The number of hydrogen-bond donors (Lipinski definition) is 2. The van der Waals surface area contributed by atoms with Gasteiger partial charge in [0.25, 0.3) is 0 Å². The van der Waals surface area contributed by atoms with Crippen LogP contribution in [0.2, 0.25) is 0 Å². The molecule has 4 aromatic rings. The average molecular weight is 543 g/mol. The Bertz CT molecular complexity index is 1380. The predicted molar refractivity (Wildman–Crippen MR) is 139 cm³/mol. The van der Waals surface area contributed by atoms with E-state index in [1.54, 1.807) is 10.6 Å². The summed E-state index contributed by atoms with van der Waals surface area (Å²) in [6.07, 6.45) is 0.867. The third-order valence-electron chi connectivity index (χ3n) is 5.99. The summed E-state index contributed by atoms with van der Waals surface area (Å²) in [6, 6.07) is 9.30. The van der Waals surface area contributed by atoms with Crippen molar-refractivity contribution in [3.8, 4) is 5.88 Å². The maximum absolute atomic E-state index is 12.3. The minimum atomic E-state index is -0.259. The van der Waals surface area contributed by atoms with Gasteiger partial charge in [-0.2, -0.15) is 4.52 Å². The van der Waals surface area contributed by atoms with Crippen molar-refractivity contribution in [2.24, 2.45) is 0 Å². The predicted octanol–water partition coefficient (Wildman–Crippen LogP) is 2.51. The van der Waals surface area contributed by atoms with Gasteiger partial charge in [0.15, 0.2) is 10.8 Å². The molecule has 0 bridgehead atoms.